The van der Waals surface area contributed by atoms with Crippen LogP contribution in [0.1, 0.15) is 44.1 Å². The number of hydrogen-bond donors (Lipinski definition) is 5. The molecule has 6 N–H and O–H groups in total. The Bertz CT molecular complexity index is 800. The summed E-state index contributed by atoms with van der Waals surface area (Å²) in [7, 11) is 0. The lowest BCUT2D eigenvalue weighted by molar-refractivity contribution is -0.129. The Kier molecular flexibility index (Phi) is 11.7. The van der Waals surface area contributed by atoms with Crippen LogP contribution in [0.3, 0.4) is 0 Å². The van der Waals surface area contributed by atoms with Crippen molar-refractivity contribution in [2.45, 2.75) is 57.2 Å². The summed E-state index contributed by atoms with van der Waals surface area (Å²) in [5.74, 6) is -1.14. The van der Waals surface area contributed by atoms with Crippen LogP contribution in [-0.4, -0.2) is 60.9 Å². The standard InChI is InChI=1S/C23H34N4O7/c24-20(28)18(8-4-5-11-25-23(32)34-15-17-6-2-1-3-7-17)26-21(29)19(27-22(30)31)14-16-9-12-33-13-10-16/h1-3,6-7,16,18-19,27H,4-5,8-15H2,(H2,24,28)(H,25,32)(H,26,29)(H,30,31). The average Bonchev–Trinajstić information content (AvgIpc) is 2.82. The Morgan fingerprint density at radius 1 is 1.06 bits per heavy atom. The van der Waals surface area contributed by atoms with Gasteiger partial charge in [-0.2, -0.15) is 0 Å². The Hall–Kier alpha value is -3.34. The highest BCUT2D eigenvalue weighted by atomic mass is 16.5. The van der Waals surface area contributed by atoms with Gasteiger partial charge < -0.3 is 36.3 Å². The molecule has 1 saturated heterocycles. The van der Waals surface area contributed by atoms with Crippen molar-refractivity contribution in [3.8, 4) is 0 Å². The Labute approximate surface area is 198 Å². The van der Waals surface area contributed by atoms with Crippen molar-refractivity contribution in [2.24, 2.45) is 11.7 Å². The first kappa shape index (κ1) is 26.9. The van der Waals surface area contributed by atoms with Gasteiger partial charge in [0.25, 0.3) is 0 Å². The number of amides is 4. The molecular formula is C23H34N4O7. The summed E-state index contributed by atoms with van der Waals surface area (Å²) >= 11 is 0. The van der Waals surface area contributed by atoms with Gasteiger partial charge in [0.1, 0.15) is 18.7 Å². The lowest BCUT2D eigenvalue weighted by Gasteiger charge is -2.27. The highest BCUT2D eigenvalue weighted by Crippen LogP contribution is 2.20. The maximum absolute atomic E-state index is 12.7. The smallest absolute Gasteiger partial charge is 0.407 e. The van der Waals surface area contributed by atoms with Crippen LogP contribution in [-0.2, 0) is 25.7 Å². The van der Waals surface area contributed by atoms with E-state index in [0.29, 0.717) is 39.0 Å². The zero-order chi connectivity index (χ0) is 24.8. The number of carbonyl (C=O) groups excluding carboxylic acids is 3. The maximum atomic E-state index is 12.7. The molecule has 1 aliphatic heterocycles. The number of unbranched alkanes of at least 4 members (excludes halogenated alkanes) is 1. The van der Waals surface area contributed by atoms with Gasteiger partial charge in [-0.3, -0.25) is 9.59 Å². The molecule has 1 aromatic rings. The first-order valence-corrected chi connectivity index (χ1v) is 11.5. The fourth-order valence-electron chi connectivity index (χ4n) is 3.69. The van der Waals surface area contributed by atoms with Crippen molar-refractivity contribution >= 4 is 24.0 Å². The van der Waals surface area contributed by atoms with Crippen molar-refractivity contribution < 1.29 is 33.8 Å². The first-order valence-electron chi connectivity index (χ1n) is 11.5. The summed E-state index contributed by atoms with van der Waals surface area (Å²) in [6.45, 7) is 1.65. The molecule has 0 aliphatic carbocycles. The average molecular weight is 479 g/mol. The van der Waals surface area contributed by atoms with Crippen molar-refractivity contribution in [3.05, 3.63) is 35.9 Å². The molecular weight excluding hydrogens is 444 g/mol. The summed E-state index contributed by atoms with van der Waals surface area (Å²) in [4.78, 5) is 47.4. The number of nitrogens with one attached hydrogen (secondary N) is 3. The molecule has 0 aromatic heterocycles. The highest BCUT2D eigenvalue weighted by Gasteiger charge is 2.28. The molecule has 0 spiro atoms. The van der Waals surface area contributed by atoms with Crippen LogP contribution in [0, 0.1) is 5.92 Å². The molecule has 11 heteroatoms. The van der Waals surface area contributed by atoms with Crippen LogP contribution in [0.15, 0.2) is 30.3 Å². The molecule has 1 aliphatic rings. The molecule has 1 aromatic carbocycles. The number of benzene rings is 1. The topological polar surface area (TPSA) is 169 Å². The third-order valence-corrected chi connectivity index (χ3v) is 5.59. The molecule has 188 valence electrons. The normalized spacial score (nSPS) is 15.5. The van der Waals surface area contributed by atoms with E-state index >= 15 is 0 Å². The van der Waals surface area contributed by atoms with Crippen LogP contribution in [0.4, 0.5) is 9.59 Å². The molecule has 0 saturated carbocycles. The quantitative estimate of drug-likeness (QED) is 0.268. The molecule has 0 radical (unpaired) electrons. The SMILES string of the molecule is NC(=O)C(CCCCNC(=O)OCc1ccccc1)NC(=O)C(CC1CCOCC1)NC(=O)O. The molecule has 34 heavy (non-hydrogen) atoms. The Morgan fingerprint density at radius 2 is 1.76 bits per heavy atom. The number of carbonyl (C=O) groups is 4. The fraction of sp³-hybridized carbons (Fsp3) is 0.565. The van der Waals surface area contributed by atoms with E-state index in [9.17, 15) is 19.2 Å². The molecule has 2 atom stereocenters. The van der Waals surface area contributed by atoms with Gasteiger partial charge in [0.05, 0.1) is 0 Å². The van der Waals surface area contributed by atoms with E-state index in [-0.39, 0.29) is 18.9 Å². The number of rotatable bonds is 13. The molecule has 2 rings (SSSR count). The van der Waals surface area contributed by atoms with E-state index in [1.807, 2.05) is 30.3 Å². The lowest BCUT2D eigenvalue weighted by Crippen LogP contribution is -2.53. The van der Waals surface area contributed by atoms with E-state index in [4.69, 9.17) is 20.3 Å². The van der Waals surface area contributed by atoms with Crippen molar-refractivity contribution in [1.29, 1.82) is 0 Å². The number of alkyl carbamates (subject to hydrolysis) is 1. The number of ether oxygens (including phenoxy) is 2. The zero-order valence-electron chi connectivity index (χ0n) is 19.2. The van der Waals surface area contributed by atoms with Crippen molar-refractivity contribution in [3.63, 3.8) is 0 Å². The van der Waals surface area contributed by atoms with E-state index in [0.717, 1.165) is 18.4 Å². The van der Waals surface area contributed by atoms with Crippen LogP contribution in [0.2, 0.25) is 0 Å². The molecule has 2 unspecified atom stereocenters. The lowest BCUT2D eigenvalue weighted by atomic mass is 9.92. The Balaban J connectivity index is 1.72. The summed E-state index contributed by atoms with van der Waals surface area (Å²) in [5, 5.41) is 16.5. The van der Waals surface area contributed by atoms with E-state index in [1.165, 1.54) is 0 Å². The van der Waals surface area contributed by atoms with Gasteiger partial charge in [-0.25, -0.2) is 9.59 Å². The summed E-state index contributed by atoms with van der Waals surface area (Å²) in [6, 6.07) is 7.37. The molecule has 1 fully saturated rings. The van der Waals surface area contributed by atoms with Crippen molar-refractivity contribution in [1.82, 2.24) is 16.0 Å². The van der Waals surface area contributed by atoms with E-state index < -0.39 is 36.1 Å². The number of primary amides is 1. The maximum Gasteiger partial charge on any atom is 0.407 e. The second kappa shape index (κ2) is 14.7. The number of carboxylic acid groups (broad SMARTS) is 1. The van der Waals surface area contributed by atoms with E-state index in [2.05, 4.69) is 16.0 Å². The van der Waals surface area contributed by atoms with Gasteiger partial charge in [0.15, 0.2) is 0 Å². The van der Waals surface area contributed by atoms with Gasteiger partial charge in [-0.1, -0.05) is 30.3 Å². The summed E-state index contributed by atoms with van der Waals surface area (Å²) < 4.78 is 10.4. The second-order valence-corrected chi connectivity index (χ2v) is 8.24. The van der Waals surface area contributed by atoms with Crippen molar-refractivity contribution in [2.75, 3.05) is 19.8 Å². The zero-order valence-corrected chi connectivity index (χ0v) is 19.2. The summed E-state index contributed by atoms with van der Waals surface area (Å²) in [5.41, 5.74) is 6.31. The first-order chi connectivity index (χ1) is 16.3. The molecule has 1 heterocycles. The molecule has 0 bridgehead atoms. The third-order valence-electron chi connectivity index (χ3n) is 5.59. The van der Waals surface area contributed by atoms with Gasteiger partial charge >= 0.3 is 12.2 Å². The fourth-order valence-corrected chi connectivity index (χ4v) is 3.69. The van der Waals surface area contributed by atoms with Crippen LogP contribution < -0.4 is 21.7 Å². The molecule has 4 amide bonds. The minimum Gasteiger partial charge on any atom is -0.465 e. The predicted molar refractivity (Wildman–Crippen MR) is 123 cm³/mol. The summed E-state index contributed by atoms with van der Waals surface area (Å²) in [6.07, 6.45) is 1.26. The minimum atomic E-state index is -1.31. The predicted octanol–water partition coefficient (Wildman–Crippen LogP) is 1.51. The minimum absolute atomic E-state index is 0.149. The highest BCUT2D eigenvalue weighted by molar-refractivity contribution is 5.90. The largest absolute Gasteiger partial charge is 0.465 e. The number of nitrogens with two attached hydrogens (primary N) is 1. The number of hydrogen-bond acceptors (Lipinski definition) is 6. The van der Waals surface area contributed by atoms with E-state index in [1.54, 1.807) is 0 Å². The second-order valence-electron chi connectivity index (χ2n) is 8.24. The van der Waals surface area contributed by atoms with Crippen LogP contribution in [0.5, 0.6) is 0 Å². The molecule has 11 nitrogen and oxygen atoms in total. The van der Waals surface area contributed by atoms with Gasteiger partial charge in [-0.05, 0) is 50.0 Å². The van der Waals surface area contributed by atoms with Crippen LogP contribution in [0.25, 0.3) is 0 Å². The monoisotopic (exact) mass is 478 g/mol. The van der Waals surface area contributed by atoms with Gasteiger partial charge in [0, 0.05) is 19.8 Å². The van der Waals surface area contributed by atoms with Gasteiger partial charge in [0.2, 0.25) is 11.8 Å². The Morgan fingerprint density at radius 3 is 2.41 bits per heavy atom. The van der Waals surface area contributed by atoms with Gasteiger partial charge in [-0.15, -0.1) is 0 Å². The van der Waals surface area contributed by atoms with Crippen LogP contribution >= 0.6 is 0 Å². The third kappa shape index (κ3) is 10.5.